The second kappa shape index (κ2) is 6.26. The van der Waals surface area contributed by atoms with Crippen molar-refractivity contribution in [3.63, 3.8) is 0 Å². The molecule has 4 nitrogen and oxygen atoms in total. The van der Waals surface area contributed by atoms with Crippen LogP contribution in [0, 0.1) is 0 Å². The van der Waals surface area contributed by atoms with Crippen molar-refractivity contribution in [2.75, 3.05) is 6.54 Å². The van der Waals surface area contributed by atoms with Gasteiger partial charge >= 0.3 is 0 Å². The molecule has 0 spiro atoms. The highest BCUT2D eigenvalue weighted by atomic mass is 32.1. The van der Waals surface area contributed by atoms with Gasteiger partial charge in [0.25, 0.3) is 5.91 Å². The predicted octanol–water partition coefficient (Wildman–Crippen LogP) is 3.35. The molecule has 5 heteroatoms. The summed E-state index contributed by atoms with van der Waals surface area (Å²) in [6, 6.07) is 7.64. The first-order valence-electron chi connectivity index (χ1n) is 7.21. The lowest BCUT2D eigenvalue weighted by atomic mass is 10.2. The average Bonchev–Trinajstić information content (AvgIpc) is 2.95. The van der Waals surface area contributed by atoms with E-state index in [9.17, 15) is 4.79 Å². The van der Waals surface area contributed by atoms with Gasteiger partial charge in [-0.2, -0.15) is 0 Å². The molecule has 0 aliphatic carbocycles. The monoisotopic (exact) mass is 302 g/mol. The van der Waals surface area contributed by atoms with Gasteiger partial charge in [-0.25, -0.2) is 4.98 Å². The number of carbonyl (C=O) groups is 1. The predicted molar refractivity (Wildman–Crippen MR) is 82.6 cm³/mol. The number of carbonyl (C=O) groups excluding carboxylic acids is 1. The molecule has 1 aliphatic heterocycles. The van der Waals surface area contributed by atoms with Crippen LogP contribution in [-0.2, 0) is 6.54 Å². The van der Waals surface area contributed by atoms with E-state index < -0.39 is 0 Å². The lowest BCUT2D eigenvalue weighted by Gasteiger charge is -2.23. The minimum Gasteiger partial charge on any atom is -0.472 e. The van der Waals surface area contributed by atoms with Crippen LogP contribution >= 0.6 is 11.3 Å². The summed E-state index contributed by atoms with van der Waals surface area (Å²) < 4.78 is 5.95. The summed E-state index contributed by atoms with van der Waals surface area (Å²) in [6.45, 7) is 3.37. The van der Waals surface area contributed by atoms with E-state index in [4.69, 9.17) is 4.74 Å². The molecule has 0 fully saturated rings. The van der Waals surface area contributed by atoms with E-state index in [1.807, 2.05) is 16.3 Å². The third-order valence-corrected chi connectivity index (χ3v) is 4.39. The van der Waals surface area contributed by atoms with Crippen LogP contribution in [0.15, 0.2) is 35.8 Å². The molecule has 1 aliphatic rings. The van der Waals surface area contributed by atoms with Crippen LogP contribution < -0.4 is 4.74 Å². The number of hydrogen-bond acceptors (Lipinski definition) is 4. The molecule has 3 heterocycles. The summed E-state index contributed by atoms with van der Waals surface area (Å²) in [6.07, 6.45) is 3.62. The zero-order valence-electron chi connectivity index (χ0n) is 12.0. The maximum absolute atomic E-state index is 12.7. The van der Waals surface area contributed by atoms with Gasteiger partial charge in [0.05, 0.1) is 13.1 Å². The van der Waals surface area contributed by atoms with Crippen molar-refractivity contribution >= 4 is 17.2 Å². The van der Waals surface area contributed by atoms with Gasteiger partial charge in [-0.1, -0.05) is 19.4 Å². The average molecular weight is 302 g/mol. The molecule has 110 valence electrons. The zero-order valence-corrected chi connectivity index (χ0v) is 12.8. The number of rotatable bonds is 4. The van der Waals surface area contributed by atoms with Gasteiger partial charge in [0, 0.05) is 11.1 Å². The number of fused-ring (bicyclic) bond motifs is 1. The third kappa shape index (κ3) is 3.08. The highest BCUT2D eigenvalue weighted by Crippen LogP contribution is 2.25. The van der Waals surface area contributed by atoms with E-state index in [-0.39, 0.29) is 12.0 Å². The minimum absolute atomic E-state index is 0.00473. The zero-order chi connectivity index (χ0) is 14.7. The number of ether oxygens (including phenoxy) is 1. The SMILES string of the molecule is CCCC1CN(Cc2cccs2)C(=O)c2cccnc2O1. The fraction of sp³-hybridized carbons (Fsp3) is 0.375. The van der Waals surface area contributed by atoms with Crippen molar-refractivity contribution in [2.45, 2.75) is 32.4 Å². The third-order valence-electron chi connectivity index (χ3n) is 3.53. The van der Waals surface area contributed by atoms with Crippen molar-refractivity contribution < 1.29 is 9.53 Å². The summed E-state index contributed by atoms with van der Waals surface area (Å²) >= 11 is 1.67. The molecule has 0 aromatic carbocycles. The van der Waals surface area contributed by atoms with E-state index in [0.29, 0.717) is 24.5 Å². The largest absolute Gasteiger partial charge is 0.472 e. The van der Waals surface area contributed by atoms with E-state index >= 15 is 0 Å². The molecule has 2 aromatic heterocycles. The summed E-state index contributed by atoms with van der Waals surface area (Å²) in [5.41, 5.74) is 0.563. The van der Waals surface area contributed by atoms with Crippen LogP contribution in [0.25, 0.3) is 0 Å². The Hall–Kier alpha value is -1.88. The topological polar surface area (TPSA) is 42.4 Å². The number of aromatic nitrogens is 1. The van der Waals surface area contributed by atoms with Crippen molar-refractivity contribution in [2.24, 2.45) is 0 Å². The van der Waals surface area contributed by atoms with Crippen LogP contribution in [0.1, 0.15) is 35.0 Å². The van der Waals surface area contributed by atoms with Crippen LogP contribution in [-0.4, -0.2) is 28.4 Å². The Morgan fingerprint density at radius 2 is 2.33 bits per heavy atom. The molecule has 21 heavy (non-hydrogen) atoms. The number of pyridine rings is 1. The molecule has 1 atom stereocenters. The Bertz CT molecular complexity index is 612. The summed E-state index contributed by atoms with van der Waals surface area (Å²) in [5, 5.41) is 2.03. The van der Waals surface area contributed by atoms with Crippen LogP contribution in [0.5, 0.6) is 5.88 Å². The van der Waals surface area contributed by atoms with E-state index in [2.05, 4.69) is 18.0 Å². The highest BCUT2D eigenvalue weighted by Gasteiger charge is 2.29. The van der Waals surface area contributed by atoms with Crippen molar-refractivity contribution in [3.8, 4) is 5.88 Å². The van der Waals surface area contributed by atoms with E-state index in [1.54, 1.807) is 29.7 Å². The van der Waals surface area contributed by atoms with Gasteiger partial charge in [0.1, 0.15) is 11.7 Å². The number of thiophene rings is 1. The lowest BCUT2D eigenvalue weighted by Crippen LogP contribution is -2.36. The van der Waals surface area contributed by atoms with E-state index in [1.165, 1.54) is 4.88 Å². The van der Waals surface area contributed by atoms with Crippen molar-refractivity contribution in [1.29, 1.82) is 0 Å². The molecule has 1 unspecified atom stereocenters. The van der Waals surface area contributed by atoms with Gasteiger partial charge in [0.2, 0.25) is 5.88 Å². The molecular weight excluding hydrogens is 284 g/mol. The summed E-state index contributed by atoms with van der Waals surface area (Å²) in [5.74, 6) is 0.472. The second-order valence-electron chi connectivity index (χ2n) is 5.15. The van der Waals surface area contributed by atoms with Crippen LogP contribution in [0.3, 0.4) is 0 Å². The first-order valence-corrected chi connectivity index (χ1v) is 8.09. The molecule has 0 saturated carbocycles. The molecule has 3 rings (SSSR count). The van der Waals surface area contributed by atoms with Crippen molar-refractivity contribution in [1.82, 2.24) is 9.88 Å². The fourth-order valence-electron chi connectivity index (χ4n) is 2.54. The van der Waals surface area contributed by atoms with Crippen LogP contribution in [0.2, 0.25) is 0 Å². The lowest BCUT2D eigenvalue weighted by molar-refractivity contribution is 0.0688. The summed E-state index contributed by atoms with van der Waals surface area (Å²) in [7, 11) is 0. The van der Waals surface area contributed by atoms with Crippen molar-refractivity contribution in [3.05, 3.63) is 46.3 Å². The Kier molecular flexibility index (Phi) is 4.20. The fourth-order valence-corrected chi connectivity index (χ4v) is 3.26. The number of nitrogens with zero attached hydrogens (tertiary/aromatic N) is 2. The van der Waals surface area contributed by atoms with E-state index in [0.717, 1.165) is 12.8 Å². The smallest absolute Gasteiger partial charge is 0.259 e. The quantitative estimate of drug-likeness (QED) is 0.870. The number of hydrogen-bond donors (Lipinski definition) is 0. The van der Waals surface area contributed by atoms with Gasteiger partial charge in [-0.3, -0.25) is 4.79 Å². The summed E-state index contributed by atoms with van der Waals surface area (Å²) in [4.78, 5) is 20.0. The Morgan fingerprint density at radius 3 is 3.10 bits per heavy atom. The Labute approximate surface area is 128 Å². The Balaban J connectivity index is 1.90. The first kappa shape index (κ1) is 14.1. The van der Waals surface area contributed by atoms with Gasteiger partial charge in [-0.05, 0) is 30.0 Å². The molecule has 0 saturated heterocycles. The van der Waals surface area contributed by atoms with Gasteiger partial charge in [-0.15, -0.1) is 11.3 Å². The van der Waals surface area contributed by atoms with Gasteiger partial charge < -0.3 is 9.64 Å². The minimum atomic E-state index is 0.00473. The normalized spacial score (nSPS) is 18.0. The van der Waals surface area contributed by atoms with Gasteiger partial charge in [0.15, 0.2) is 0 Å². The maximum atomic E-state index is 12.7. The maximum Gasteiger partial charge on any atom is 0.259 e. The standard InChI is InChI=1S/C16H18N2O2S/c1-2-5-12-10-18(11-13-6-4-9-21-13)16(19)14-7-3-8-17-15(14)20-12/h3-4,6-9,12H,2,5,10-11H2,1H3. The van der Waals surface area contributed by atoms with Crippen LogP contribution in [0.4, 0.5) is 0 Å². The molecular formula is C16H18N2O2S. The molecule has 0 N–H and O–H groups in total. The molecule has 1 amide bonds. The molecule has 0 bridgehead atoms. The second-order valence-corrected chi connectivity index (χ2v) is 6.18. The molecule has 0 radical (unpaired) electrons. The Morgan fingerprint density at radius 1 is 1.43 bits per heavy atom. The number of amides is 1. The highest BCUT2D eigenvalue weighted by molar-refractivity contribution is 7.09. The molecule has 2 aromatic rings. The first-order chi connectivity index (χ1) is 10.3.